The van der Waals surface area contributed by atoms with Gasteiger partial charge in [0.15, 0.2) is 0 Å². The Bertz CT molecular complexity index is 1470. The van der Waals surface area contributed by atoms with Crippen LogP contribution in [0.1, 0.15) is 22.2 Å². The molecule has 1 atom stereocenters. The Kier molecular flexibility index (Phi) is 5.21. The highest BCUT2D eigenvalue weighted by Gasteiger charge is 2.35. The summed E-state index contributed by atoms with van der Waals surface area (Å²) in [5.41, 5.74) is 14.1. The minimum absolute atomic E-state index is 0.0553. The summed E-state index contributed by atoms with van der Waals surface area (Å²) in [6.45, 7) is 0. The van der Waals surface area contributed by atoms with Gasteiger partial charge in [-0.25, -0.2) is 4.98 Å². The van der Waals surface area contributed by atoms with Crippen molar-refractivity contribution in [3.05, 3.63) is 143 Å². The molecule has 0 bridgehead atoms. The number of hydrogen-bond acceptors (Lipinski definition) is 4. The quantitative estimate of drug-likeness (QED) is 0.309. The van der Waals surface area contributed by atoms with E-state index in [-0.39, 0.29) is 6.04 Å². The van der Waals surface area contributed by atoms with E-state index in [0.717, 1.165) is 37.7 Å². The lowest BCUT2D eigenvalue weighted by Gasteiger charge is -2.40. The van der Waals surface area contributed by atoms with Crippen LogP contribution in [-0.4, -0.2) is 4.98 Å². The Hall–Kier alpha value is -4.15. The van der Waals surface area contributed by atoms with E-state index in [1.807, 2.05) is 18.2 Å². The standard InChI is InChI=1S/C30H23N3S/c31-25-20-24(21-12-4-1-5-13-21)28(22-14-6-2-7-15-22)33(23-16-8-3-9-17-23)29(25)30-32-26-18-10-11-19-27(26)34-30/h1-20,28H,31H2. The molecular formula is C30H23N3S. The zero-order valence-corrected chi connectivity index (χ0v) is 19.3. The molecule has 1 aliphatic rings. The first-order valence-corrected chi connectivity index (χ1v) is 12.1. The molecule has 164 valence electrons. The number of rotatable bonds is 4. The minimum atomic E-state index is -0.0553. The largest absolute Gasteiger partial charge is 0.397 e. The van der Waals surface area contributed by atoms with Crippen molar-refractivity contribution in [2.24, 2.45) is 5.73 Å². The monoisotopic (exact) mass is 457 g/mol. The number of para-hydroxylation sites is 2. The molecule has 0 saturated heterocycles. The third-order valence-electron chi connectivity index (χ3n) is 6.13. The molecule has 6 rings (SSSR count). The summed E-state index contributed by atoms with van der Waals surface area (Å²) in [6, 6.07) is 39.8. The molecule has 34 heavy (non-hydrogen) atoms. The van der Waals surface area contributed by atoms with E-state index >= 15 is 0 Å². The highest BCUT2D eigenvalue weighted by atomic mass is 32.1. The summed E-state index contributed by atoms with van der Waals surface area (Å²) in [4.78, 5) is 7.35. The number of benzene rings is 4. The van der Waals surface area contributed by atoms with Crippen LogP contribution in [0.4, 0.5) is 5.69 Å². The van der Waals surface area contributed by atoms with Crippen LogP contribution in [0.5, 0.6) is 0 Å². The van der Waals surface area contributed by atoms with E-state index in [2.05, 4.69) is 108 Å². The number of aromatic nitrogens is 1. The lowest BCUT2D eigenvalue weighted by atomic mass is 9.87. The number of allylic oxidation sites excluding steroid dienone is 1. The van der Waals surface area contributed by atoms with Crippen LogP contribution in [0.15, 0.2) is 127 Å². The van der Waals surface area contributed by atoms with E-state index in [0.29, 0.717) is 5.70 Å². The highest BCUT2D eigenvalue weighted by molar-refractivity contribution is 7.19. The van der Waals surface area contributed by atoms with Gasteiger partial charge in [-0.3, -0.25) is 0 Å². The molecule has 0 saturated carbocycles. The number of anilines is 1. The Balaban J connectivity index is 1.65. The van der Waals surface area contributed by atoms with Crippen molar-refractivity contribution < 1.29 is 0 Å². The van der Waals surface area contributed by atoms with Gasteiger partial charge in [0, 0.05) is 5.69 Å². The molecule has 0 aliphatic carbocycles. The molecule has 2 heterocycles. The van der Waals surface area contributed by atoms with E-state index in [1.54, 1.807) is 11.3 Å². The van der Waals surface area contributed by atoms with Gasteiger partial charge in [-0.05, 0) is 47.0 Å². The van der Waals surface area contributed by atoms with Crippen molar-refractivity contribution in [1.29, 1.82) is 0 Å². The fourth-order valence-electron chi connectivity index (χ4n) is 4.62. The van der Waals surface area contributed by atoms with Crippen LogP contribution in [0.25, 0.3) is 21.5 Å². The van der Waals surface area contributed by atoms with E-state index < -0.39 is 0 Å². The SMILES string of the molecule is NC1=C(c2nc3ccccc3s2)N(c2ccccc2)C(c2ccccc2)C(c2ccccc2)=C1. The summed E-state index contributed by atoms with van der Waals surface area (Å²) in [5, 5.41) is 0.923. The van der Waals surface area contributed by atoms with Gasteiger partial charge in [-0.1, -0.05) is 91.0 Å². The molecule has 5 aromatic rings. The lowest BCUT2D eigenvalue weighted by Crippen LogP contribution is -2.33. The fraction of sp³-hybridized carbons (Fsp3) is 0.0333. The number of fused-ring (bicyclic) bond motifs is 1. The second-order valence-corrected chi connectivity index (χ2v) is 9.31. The van der Waals surface area contributed by atoms with Crippen molar-refractivity contribution in [3.63, 3.8) is 0 Å². The average Bonchev–Trinajstić information content (AvgIpc) is 3.33. The van der Waals surface area contributed by atoms with Gasteiger partial charge in [0.05, 0.1) is 22.0 Å². The van der Waals surface area contributed by atoms with E-state index in [1.165, 1.54) is 5.56 Å². The Morgan fingerprint density at radius 2 is 1.32 bits per heavy atom. The van der Waals surface area contributed by atoms with Gasteiger partial charge >= 0.3 is 0 Å². The number of nitrogens with two attached hydrogens (primary N) is 1. The number of hydrogen-bond donors (Lipinski definition) is 1. The van der Waals surface area contributed by atoms with Gasteiger partial charge in [0.25, 0.3) is 0 Å². The van der Waals surface area contributed by atoms with E-state index in [9.17, 15) is 0 Å². The predicted octanol–water partition coefficient (Wildman–Crippen LogP) is 7.27. The average molecular weight is 458 g/mol. The normalized spacial score (nSPS) is 16.1. The first kappa shape index (κ1) is 20.5. The van der Waals surface area contributed by atoms with Crippen LogP contribution in [0, 0.1) is 0 Å². The van der Waals surface area contributed by atoms with Crippen molar-refractivity contribution in [2.75, 3.05) is 4.90 Å². The maximum absolute atomic E-state index is 6.86. The van der Waals surface area contributed by atoms with E-state index in [4.69, 9.17) is 10.7 Å². The maximum atomic E-state index is 6.86. The third kappa shape index (κ3) is 3.58. The van der Waals surface area contributed by atoms with Crippen molar-refractivity contribution in [3.8, 4) is 0 Å². The van der Waals surface area contributed by atoms with Crippen LogP contribution in [0.3, 0.4) is 0 Å². The number of nitrogens with zero attached hydrogens (tertiary/aromatic N) is 2. The Labute approximate surface area is 203 Å². The van der Waals surface area contributed by atoms with Gasteiger partial charge in [-0.2, -0.15) is 0 Å². The molecule has 2 N–H and O–H groups in total. The van der Waals surface area contributed by atoms with Gasteiger partial charge in [0.1, 0.15) is 10.7 Å². The number of thiazole rings is 1. The summed E-state index contributed by atoms with van der Waals surface area (Å²) in [7, 11) is 0. The van der Waals surface area contributed by atoms with Crippen LogP contribution in [-0.2, 0) is 0 Å². The third-order valence-corrected chi connectivity index (χ3v) is 7.17. The van der Waals surface area contributed by atoms with Crippen molar-refractivity contribution >= 4 is 38.5 Å². The van der Waals surface area contributed by atoms with Crippen molar-refractivity contribution in [1.82, 2.24) is 4.98 Å². The van der Waals surface area contributed by atoms with Gasteiger partial charge in [0.2, 0.25) is 0 Å². The van der Waals surface area contributed by atoms with Crippen LogP contribution in [0.2, 0.25) is 0 Å². The molecule has 1 unspecified atom stereocenters. The summed E-state index contributed by atoms with van der Waals surface area (Å²) in [5.74, 6) is 0. The fourth-order valence-corrected chi connectivity index (χ4v) is 5.65. The second kappa shape index (κ2) is 8.65. The molecule has 4 heteroatoms. The zero-order valence-electron chi connectivity index (χ0n) is 18.5. The minimum Gasteiger partial charge on any atom is -0.397 e. The topological polar surface area (TPSA) is 42.1 Å². The molecule has 4 aromatic carbocycles. The Morgan fingerprint density at radius 1 is 0.706 bits per heavy atom. The van der Waals surface area contributed by atoms with Gasteiger partial charge < -0.3 is 10.6 Å². The first-order chi connectivity index (χ1) is 16.8. The molecule has 1 aliphatic heterocycles. The molecule has 0 spiro atoms. The lowest BCUT2D eigenvalue weighted by molar-refractivity contribution is 0.858. The highest BCUT2D eigenvalue weighted by Crippen LogP contribution is 2.47. The Morgan fingerprint density at radius 3 is 2.03 bits per heavy atom. The summed E-state index contributed by atoms with van der Waals surface area (Å²) < 4.78 is 1.15. The van der Waals surface area contributed by atoms with Crippen molar-refractivity contribution in [2.45, 2.75) is 6.04 Å². The molecular weight excluding hydrogens is 434 g/mol. The second-order valence-electron chi connectivity index (χ2n) is 8.28. The maximum Gasteiger partial charge on any atom is 0.143 e. The molecule has 3 nitrogen and oxygen atoms in total. The smallest absolute Gasteiger partial charge is 0.143 e. The molecule has 0 amide bonds. The van der Waals surface area contributed by atoms with Gasteiger partial charge in [-0.15, -0.1) is 11.3 Å². The summed E-state index contributed by atoms with van der Waals surface area (Å²) >= 11 is 1.68. The first-order valence-electron chi connectivity index (χ1n) is 11.3. The predicted molar refractivity (Wildman–Crippen MR) is 143 cm³/mol. The molecule has 0 fully saturated rings. The van der Waals surface area contributed by atoms with Crippen LogP contribution >= 0.6 is 11.3 Å². The van der Waals surface area contributed by atoms with Crippen LogP contribution < -0.4 is 10.6 Å². The summed E-state index contributed by atoms with van der Waals surface area (Å²) in [6.07, 6.45) is 2.13. The molecule has 1 aromatic heterocycles. The zero-order chi connectivity index (χ0) is 22.9. The molecule has 0 radical (unpaired) electrons.